The standard InChI is InChI=1S/C17H25FN2O3S2/c18-16-4-1-3-15(11-16)14-25(21,22)20-5-2-10-24-13-17(20)12-19-6-8-23-9-7-19/h1,3-4,11,17H,2,5-10,12-14H2. The van der Waals surface area contributed by atoms with Gasteiger partial charge in [0.15, 0.2) is 0 Å². The van der Waals surface area contributed by atoms with E-state index in [-0.39, 0.29) is 11.8 Å². The van der Waals surface area contributed by atoms with E-state index in [9.17, 15) is 12.8 Å². The van der Waals surface area contributed by atoms with Gasteiger partial charge < -0.3 is 4.74 Å². The minimum Gasteiger partial charge on any atom is -0.379 e. The molecule has 3 rings (SSSR count). The van der Waals surface area contributed by atoms with Crippen molar-refractivity contribution in [2.24, 2.45) is 0 Å². The molecule has 0 radical (unpaired) electrons. The van der Waals surface area contributed by atoms with Gasteiger partial charge in [0.2, 0.25) is 10.0 Å². The Morgan fingerprint density at radius 1 is 1.24 bits per heavy atom. The van der Waals surface area contributed by atoms with E-state index in [0.29, 0.717) is 25.3 Å². The molecule has 1 aromatic rings. The van der Waals surface area contributed by atoms with Gasteiger partial charge in [-0.25, -0.2) is 12.8 Å². The average Bonchev–Trinajstić information content (AvgIpc) is 2.81. The normalized spacial score (nSPS) is 24.1. The first-order valence-electron chi connectivity index (χ1n) is 8.66. The molecule has 1 atom stereocenters. The zero-order valence-corrected chi connectivity index (χ0v) is 15.9. The van der Waals surface area contributed by atoms with Crippen LogP contribution in [0.2, 0.25) is 0 Å². The second kappa shape index (κ2) is 8.81. The SMILES string of the molecule is O=S(=O)(Cc1cccc(F)c1)N1CCCSCC1CN1CCOCC1. The molecule has 2 fully saturated rings. The van der Waals surface area contributed by atoms with Crippen molar-refractivity contribution in [3.8, 4) is 0 Å². The number of nitrogens with zero attached hydrogens (tertiary/aromatic N) is 2. The second-order valence-corrected chi connectivity index (χ2v) is 9.56. The highest BCUT2D eigenvalue weighted by Crippen LogP contribution is 2.23. The summed E-state index contributed by atoms with van der Waals surface area (Å²) in [5.41, 5.74) is 0.502. The molecule has 0 saturated carbocycles. The maximum absolute atomic E-state index is 13.4. The molecule has 0 spiro atoms. The molecule has 1 aromatic carbocycles. The summed E-state index contributed by atoms with van der Waals surface area (Å²) in [6.45, 7) is 4.38. The van der Waals surface area contributed by atoms with Crippen molar-refractivity contribution >= 4 is 21.8 Å². The van der Waals surface area contributed by atoms with Gasteiger partial charge in [-0.1, -0.05) is 12.1 Å². The average molecular weight is 389 g/mol. The predicted octanol–water partition coefficient (Wildman–Crippen LogP) is 1.80. The lowest BCUT2D eigenvalue weighted by Gasteiger charge is -2.35. The number of rotatable bonds is 5. The van der Waals surface area contributed by atoms with Gasteiger partial charge in [0.05, 0.1) is 19.0 Å². The molecule has 2 aliphatic heterocycles. The zero-order chi connectivity index (χ0) is 17.7. The van der Waals surface area contributed by atoms with Crippen molar-refractivity contribution in [3.05, 3.63) is 35.6 Å². The fraction of sp³-hybridized carbons (Fsp3) is 0.647. The van der Waals surface area contributed by atoms with Crippen molar-refractivity contribution in [2.75, 3.05) is 50.9 Å². The number of benzene rings is 1. The number of hydrogen-bond donors (Lipinski definition) is 0. The third-order valence-electron chi connectivity index (χ3n) is 4.55. The monoisotopic (exact) mass is 388 g/mol. The molecule has 1 unspecified atom stereocenters. The maximum atomic E-state index is 13.4. The number of halogens is 1. The van der Waals surface area contributed by atoms with Crippen LogP contribution in [0.25, 0.3) is 0 Å². The molecule has 2 heterocycles. The third kappa shape index (κ3) is 5.40. The second-order valence-electron chi connectivity index (χ2n) is 6.49. The van der Waals surface area contributed by atoms with Crippen LogP contribution in [0.3, 0.4) is 0 Å². The Morgan fingerprint density at radius 3 is 2.80 bits per heavy atom. The van der Waals surface area contributed by atoms with Crippen LogP contribution >= 0.6 is 11.8 Å². The van der Waals surface area contributed by atoms with Crippen LogP contribution in [0, 0.1) is 5.82 Å². The lowest BCUT2D eigenvalue weighted by atomic mass is 10.2. The van der Waals surface area contributed by atoms with Crippen molar-refractivity contribution < 1.29 is 17.5 Å². The number of hydrogen-bond acceptors (Lipinski definition) is 5. The van der Waals surface area contributed by atoms with Crippen LogP contribution in [0.5, 0.6) is 0 Å². The van der Waals surface area contributed by atoms with E-state index in [1.54, 1.807) is 16.4 Å². The van der Waals surface area contributed by atoms with Crippen molar-refractivity contribution in [2.45, 2.75) is 18.2 Å². The molecule has 0 amide bonds. The number of ether oxygens (including phenoxy) is 1. The topological polar surface area (TPSA) is 49.9 Å². The molecular weight excluding hydrogens is 363 g/mol. The first-order valence-corrected chi connectivity index (χ1v) is 11.4. The van der Waals surface area contributed by atoms with Crippen LogP contribution in [0.4, 0.5) is 4.39 Å². The minimum absolute atomic E-state index is 0.0378. The highest BCUT2D eigenvalue weighted by molar-refractivity contribution is 7.99. The molecule has 5 nitrogen and oxygen atoms in total. The summed E-state index contributed by atoms with van der Waals surface area (Å²) in [6, 6.07) is 5.83. The number of thioether (sulfide) groups is 1. The molecule has 0 aromatic heterocycles. The fourth-order valence-electron chi connectivity index (χ4n) is 3.32. The summed E-state index contributed by atoms with van der Waals surface area (Å²) >= 11 is 1.82. The van der Waals surface area contributed by atoms with Gasteiger partial charge in [-0.15, -0.1) is 0 Å². The first kappa shape index (κ1) is 19.1. The molecular formula is C17H25FN2O3S2. The molecule has 140 valence electrons. The lowest BCUT2D eigenvalue weighted by Crippen LogP contribution is -2.50. The summed E-state index contributed by atoms with van der Waals surface area (Å²) < 4.78 is 46.5. The quantitative estimate of drug-likeness (QED) is 0.770. The number of morpholine rings is 1. The summed E-state index contributed by atoms with van der Waals surface area (Å²) in [5, 5.41) is 0. The summed E-state index contributed by atoms with van der Waals surface area (Å²) in [6.07, 6.45) is 0.854. The van der Waals surface area contributed by atoms with E-state index in [4.69, 9.17) is 4.74 Å². The minimum atomic E-state index is -3.48. The summed E-state index contributed by atoms with van der Waals surface area (Å²) in [4.78, 5) is 2.28. The Morgan fingerprint density at radius 2 is 2.04 bits per heavy atom. The van der Waals surface area contributed by atoms with Gasteiger partial charge in [-0.05, 0) is 29.9 Å². The van der Waals surface area contributed by atoms with Crippen LogP contribution in [0.1, 0.15) is 12.0 Å². The van der Waals surface area contributed by atoms with Gasteiger partial charge in [0, 0.05) is 38.0 Å². The Labute approximate surface area is 153 Å². The van der Waals surface area contributed by atoms with E-state index < -0.39 is 15.8 Å². The van der Waals surface area contributed by atoms with Gasteiger partial charge in [-0.3, -0.25) is 4.90 Å². The Bertz CT molecular complexity index is 666. The van der Waals surface area contributed by atoms with E-state index in [0.717, 1.165) is 37.6 Å². The van der Waals surface area contributed by atoms with Gasteiger partial charge >= 0.3 is 0 Å². The largest absolute Gasteiger partial charge is 0.379 e. The molecule has 25 heavy (non-hydrogen) atoms. The lowest BCUT2D eigenvalue weighted by molar-refractivity contribution is 0.0309. The van der Waals surface area contributed by atoms with E-state index >= 15 is 0 Å². The molecule has 0 aliphatic carbocycles. The van der Waals surface area contributed by atoms with Crippen molar-refractivity contribution in [1.29, 1.82) is 0 Å². The molecule has 0 N–H and O–H groups in total. The Balaban J connectivity index is 1.74. The van der Waals surface area contributed by atoms with Crippen molar-refractivity contribution in [3.63, 3.8) is 0 Å². The number of sulfonamides is 1. The van der Waals surface area contributed by atoms with Crippen molar-refractivity contribution in [1.82, 2.24) is 9.21 Å². The highest BCUT2D eigenvalue weighted by atomic mass is 32.2. The third-order valence-corrected chi connectivity index (χ3v) is 7.64. The molecule has 2 aliphatic rings. The van der Waals surface area contributed by atoms with Gasteiger partial charge in [0.1, 0.15) is 5.82 Å². The van der Waals surface area contributed by atoms with Gasteiger partial charge in [0.25, 0.3) is 0 Å². The maximum Gasteiger partial charge on any atom is 0.218 e. The van der Waals surface area contributed by atoms with Crippen LogP contribution in [-0.2, 0) is 20.5 Å². The Hall–Kier alpha value is -0.670. The van der Waals surface area contributed by atoms with Gasteiger partial charge in [-0.2, -0.15) is 16.1 Å². The van der Waals surface area contributed by atoms with Crippen LogP contribution in [0.15, 0.2) is 24.3 Å². The van der Waals surface area contributed by atoms with E-state index in [1.807, 2.05) is 11.8 Å². The van der Waals surface area contributed by atoms with Crippen LogP contribution < -0.4 is 0 Å². The Kier molecular flexibility index (Phi) is 6.73. The highest BCUT2D eigenvalue weighted by Gasteiger charge is 2.33. The first-order chi connectivity index (χ1) is 12.0. The van der Waals surface area contributed by atoms with E-state index in [1.165, 1.54) is 12.1 Å². The zero-order valence-electron chi connectivity index (χ0n) is 14.3. The molecule has 8 heteroatoms. The predicted molar refractivity (Wildman–Crippen MR) is 98.7 cm³/mol. The molecule has 2 saturated heterocycles. The van der Waals surface area contributed by atoms with E-state index in [2.05, 4.69) is 4.90 Å². The van der Waals surface area contributed by atoms with Crippen LogP contribution in [-0.4, -0.2) is 74.6 Å². The smallest absolute Gasteiger partial charge is 0.218 e. The summed E-state index contributed by atoms with van der Waals surface area (Å²) in [7, 11) is -3.48. The summed E-state index contributed by atoms with van der Waals surface area (Å²) in [5.74, 6) is 1.24. The molecule has 0 bridgehead atoms. The fourth-order valence-corrected chi connectivity index (χ4v) is 6.24.